The van der Waals surface area contributed by atoms with Crippen molar-refractivity contribution in [1.82, 2.24) is 20.5 Å². The molecule has 1 aliphatic heterocycles. The second-order valence-corrected chi connectivity index (χ2v) is 8.03. The molecular weight excluding hydrogens is 392 g/mol. The molecule has 1 aromatic carbocycles. The molecule has 31 heavy (non-hydrogen) atoms. The van der Waals surface area contributed by atoms with Crippen LogP contribution in [0, 0.1) is 0 Å². The Hall–Kier alpha value is -2.51. The van der Waals surface area contributed by atoms with Gasteiger partial charge in [-0.3, -0.25) is 14.5 Å². The van der Waals surface area contributed by atoms with Gasteiger partial charge in [-0.25, -0.2) is 4.98 Å². The van der Waals surface area contributed by atoms with Crippen LogP contribution in [0.15, 0.2) is 34.9 Å². The van der Waals surface area contributed by atoms with Gasteiger partial charge in [-0.15, -0.1) is 0 Å². The van der Waals surface area contributed by atoms with Gasteiger partial charge in [0.15, 0.2) is 5.89 Å². The number of oxazole rings is 1. The third-order valence-electron chi connectivity index (χ3n) is 5.64. The van der Waals surface area contributed by atoms with Crippen LogP contribution in [0.2, 0.25) is 0 Å². The number of nitrogens with zero attached hydrogens (tertiary/aromatic N) is 2. The van der Waals surface area contributed by atoms with Crippen molar-refractivity contribution >= 4 is 11.8 Å². The number of benzene rings is 1. The van der Waals surface area contributed by atoms with Gasteiger partial charge in [-0.2, -0.15) is 0 Å². The summed E-state index contributed by atoms with van der Waals surface area (Å²) in [7, 11) is 0. The molecule has 2 aromatic rings. The summed E-state index contributed by atoms with van der Waals surface area (Å²) in [5.41, 5.74) is 1.50. The van der Waals surface area contributed by atoms with Crippen LogP contribution in [-0.2, 0) is 13.0 Å². The summed E-state index contributed by atoms with van der Waals surface area (Å²) in [5.74, 6) is 0.0908. The van der Waals surface area contributed by atoms with Crippen LogP contribution < -0.4 is 10.6 Å². The van der Waals surface area contributed by atoms with Crippen molar-refractivity contribution in [2.45, 2.75) is 65.0 Å². The molecule has 0 saturated carbocycles. The molecule has 0 radical (unpaired) electrons. The number of carbonyl (C=O) groups excluding carboxylic acids is 2. The molecule has 0 fully saturated rings. The summed E-state index contributed by atoms with van der Waals surface area (Å²) in [5, 5.41) is 7.07. The summed E-state index contributed by atoms with van der Waals surface area (Å²) < 4.78 is 5.53. The second kappa shape index (κ2) is 11.8. The van der Waals surface area contributed by atoms with Crippen molar-refractivity contribution < 1.29 is 14.0 Å². The average Bonchev–Trinajstić information content (AvgIpc) is 3.33. The lowest BCUT2D eigenvalue weighted by atomic mass is 10.1. The van der Waals surface area contributed by atoms with E-state index in [0.717, 1.165) is 38.9 Å². The van der Waals surface area contributed by atoms with Crippen LogP contribution in [-0.4, -0.2) is 47.4 Å². The zero-order valence-corrected chi connectivity index (χ0v) is 18.7. The molecule has 2 amide bonds. The Bertz CT molecular complexity index is 829. The van der Waals surface area contributed by atoms with Gasteiger partial charge < -0.3 is 15.1 Å². The lowest BCUT2D eigenvalue weighted by Gasteiger charge is -2.15. The highest BCUT2D eigenvalue weighted by Gasteiger charge is 2.35. The minimum Gasteiger partial charge on any atom is -0.449 e. The maximum absolute atomic E-state index is 12.5. The number of imide groups is 1. The van der Waals surface area contributed by atoms with Gasteiger partial charge in [0.2, 0.25) is 0 Å². The molecule has 7 nitrogen and oxygen atoms in total. The summed E-state index contributed by atoms with van der Waals surface area (Å²) in [6.07, 6.45) is 7.96. The molecule has 0 saturated heterocycles. The maximum atomic E-state index is 12.5. The Kier molecular flexibility index (Phi) is 8.79. The number of hydrogen-bond acceptors (Lipinski definition) is 6. The first-order valence-electron chi connectivity index (χ1n) is 11.5. The summed E-state index contributed by atoms with van der Waals surface area (Å²) in [4.78, 5) is 30.6. The Morgan fingerprint density at radius 1 is 1.03 bits per heavy atom. The number of nitrogens with one attached hydrogen (secondary N) is 2. The maximum Gasteiger partial charge on any atom is 0.261 e. The van der Waals surface area contributed by atoms with Crippen molar-refractivity contribution in [2.24, 2.45) is 0 Å². The fourth-order valence-electron chi connectivity index (χ4n) is 3.89. The molecule has 1 atom stereocenters. The van der Waals surface area contributed by atoms with Crippen molar-refractivity contribution in [3.8, 4) is 0 Å². The number of aryl methyl sites for hydroxylation is 1. The monoisotopic (exact) mass is 426 g/mol. The SMILES string of the molecule is CCCC(CC)NCCCNCCCc1nc(CN2C(=O)c3ccccc3C2=O)co1. The van der Waals surface area contributed by atoms with Crippen molar-refractivity contribution in [3.05, 3.63) is 53.2 Å². The van der Waals surface area contributed by atoms with Crippen LogP contribution in [0.3, 0.4) is 0 Å². The Morgan fingerprint density at radius 3 is 2.42 bits per heavy atom. The minimum absolute atomic E-state index is 0.137. The fraction of sp³-hybridized carbons (Fsp3) is 0.542. The molecule has 168 valence electrons. The van der Waals surface area contributed by atoms with Crippen molar-refractivity contribution in [1.29, 1.82) is 0 Å². The predicted molar refractivity (Wildman–Crippen MR) is 120 cm³/mol. The van der Waals surface area contributed by atoms with E-state index in [0.29, 0.717) is 28.8 Å². The lowest BCUT2D eigenvalue weighted by molar-refractivity contribution is 0.0640. The molecule has 1 aromatic heterocycles. The smallest absolute Gasteiger partial charge is 0.261 e. The Balaban J connectivity index is 1.32. The van der Waals surface area contributed by atoms with Gasteiger partial charge in [0, 0.05) is 12.5 Å². The summed E-state index contributed by atoms with van der Waals surface area (Å²) in [6, 6.07) is 7.53. The Labute approximate surface area is 184 Å². The molecule has 0 bridgehead atoms. The molecule has 2 N–H and O–H groups in total. The van der Waals surface area contributed by atoms with E-state index in [-0.39, 0.29) is 18.4 Å². The second-order valence-electron chi connectivity index (χ2n) is 8.03. The molecule has 2 heterocycles. The van der Waals surface area contributed by atoms with Crippen LogP contribution in [0.4, 0.5) is 0 Å². The minimum atomic E-state index is -0.274. The highest BCUT2D eigenvalue weighted by atomic mass is 16.3. The van der Waals surface area contributed by atoms with Crippen LogP contribution in [0.25, 0.3) is 0 Å². The fourth-order valence-corrected chi connectivity index (χ4v) is 3.89. The first kappa shape index (κ1) is 23.2. The van der Waals surface area contributed by atoms with Gasteiger partial charge >= 0.3 is 0 Å². The predicted octanol–water partition coefficient (Wildman–Crippen LogP) is 3.55. The van der Waals surface area contributed by atoms with E-state index in [1.165, 1.54) is 24.2 Å². The van der Waals surface area contributed by atoms with Crippen molar-refractivity contribution in [3.63, 3.8) is 0 Å². The standard InChI is InChI=1S/C24H34N4O3/c1-3-9-18(4-2)26-15-8-14-25-13-7-12-22-27-19(17-31-22)16-28-23(29)20-10-5-6-11-21(20)24(28)30/h5-6,10-11,17-18,25-26H,3-4,7-9,12-16H2,1-2H3. The molecule has 7 heteroatoms. The number of carbonyl (C=O) groups is 2. The molecule has 3 rings (SSSR count). The van der Waals surface area contributed by atoms with E-state index in [9.17, 15) is 9.59 Å². The molecule has 1 aliphatic rings. The largest absolute Gasteiger partial charge is 0.449 e. The highest BCUT2D eigenvalue weighted by molar-refractivity contribution is 6.21. The van der Waals surface area contributed by atoms with E-state index in [1.807, 2.05) is 0 Å². The van der Waals surface area contributed by atoms with Gasteiger partial charge in [0.05, 0.1) is 23.4 Å². The number of fused-ring (bicyclic) bond motifs is 1. The summed E-state index contributed by atoms with van der Waals surface area (Å²) >= 11 is 0. The topological polar surface area (TPSA) is 87.5 Å². The highest BCUT2D eigenvalue weighted by Crippen LogP contribution is 2.24. The van der Waals surface area contributed by atoms with Gasteiger partial charge in [0.25, 0.3) is 11.8 Å². The number of aromatic nitrogens is 1. The van der Waals surface area contributed by atoms with Gasteiger partial charge in [-0.05, 0) is 57.5 Å². The number of amides is 2. The van der Waals surface area contributed by atoms with Gasteiger partial charge in [0.1, 0.15) is 6.26 Å². The summed E-state index contributed by atoms with van der Waals surface area (Å²) in [6.45, 7) is 7.55. The first-order chi connectivity index (χ1) is 15.1. The molecule has 0 aliphatic carbocycles. The average molecular weight is 427 g/mol. The zero-order chi connectivity index (χ0) is 22.1. The zero-order valence-electron chi connectivity index (χ0n) is 18.7. The van der Waals surface area contributed by atoms with E-state index in [4.69, 9.17) is 4.42 Å². The van der Waals surface area contributed by atoms with Crippen LogP contribution >= 0.6 is 0 Å². The third kappa shape index (κ3) is 6.24. The number of hydrogen-bond donors (Lipinski definition) is 2. The van der Waals surface area contributed by atoms with Crippen molar-refractivity contribution in [2.75, 3.05) is 19.6 Å². The molecule has 0 spiro atoms. The van der Waals surface area contributed by atoms with Crippen LogP contribution in [0.5, 0.6) is 0 Å². The van der Waals surface area contributed by atoms with E-state index >= 15 is 0 Å². The van der Waals surface area contributed by atoms with E-state index < -0.39 is 0 Å². The lowest BCUT2D eigenvalue weighted by Crippen LogP contribution is -2.31. The Morgan fingerprint density at radius 2 is 1.74 bits per heavy atom. The molecular formula is C24H34N4O3. The third-order valence-corrected chi connectivity index (χ3v) is 5.64. The molecule has 1 unspecified atom stereocenters. The van der Waals surface area contributed by atoms with Gasteiger partial charge in [-0.1, -0.05) is 32.4 Å². The first-order valence-corrected chi connectivity index (χ1v) is 11.5. The van der Waals surface area contributed by atoms with Crippen LogP contribution in [0.1, 0.15) is 78.3 Å². The number of rotatable bonds is 14. The van der Waals surface area contributed by atoms with E-state index in [2.05, 4.69) is 29.5 Å². The quantitative estimate of drug-likeness (QED) is 0.355. The normalized spacial score (nSPS) is 14.3. The van der Waals surface area contributed by atoms with E-state index in [1.54, 1.807) is 30.5 Å².